The minimum absolute atomic E-state index is 0.00303. The summed E-state index contributed by atoms with van der Waals surface area (Å²) < 4.78 is 0. The molecule has 2 N–H and O–H groups in total. The van der Waals surface area contributed by atoms with Gasteiger partial charge in [0.15, 0.2) is 0 Å². The van der Waals surface area contributed by atoms with E-state index >= 15 is 0 Å². The molecule has 1 fully saturated rings. The van der Waals surface area contributed by atoms with Crippen molar-refractivity contribution in [3.63, 3.8) is 0 Å². The molecular formula is C15H21Cl2N3O2. The number of unbranched alkanes of at least 4 members (excludes halogenated alkanes) is 1. The minimum atomic E-state index is -0.126. The third-order valence-electron chi connectivity index (χ3n) is 3.94. The highest BCUT2D eigenvalue weighted by Crippen LogP contribution is 2.24. The molecule has 2 heterocycles. The van der Waals surface area contributed by atoms with Gasteiger partial charge in [0.1, 0.15) is 10.8 Å². The van der Waals surface area contributed by atoms with Crippen molar-refractivity contribution in [3.05, 3.63) is 21.9 Å². The van der Waals surface area contributed by atoms with E-state index in [1.165, 1.54) is 6.07 Å². The summed E-state index contributed by atoms with van der Waals surface area (Å²) in [5, 5.41) is 3.57. The number of hydrogen-bond acceptors (Lipinski definition) is 2. The van der Waals surface area contributed by atoms with E-state index < -0.39 is 0 Å². The van der Waals surface area contributed by atoms with Crippen molar-refractivity contribution in [2.24, 2.45) is 5.92 Å². The molecule has 2 amide bonds. The monoisotopic (exact) mass is 345 g/mol. The van der Waals surface area contributed by atoms with Gasteiger partial charge >= 0.3 is 0 Å². The average molecular weight is 346 g/mol. The zero-order chi connectivity index (χ0) is 16.1. The summed E-state index contributed by atoms with van der Waals surface area (Å²) >= 11 is 11.7. The topological polar surface area (TPSA) is 65.2 Å². The van der Waals surface area contributed by atoms with Crippen LogP contribution in [-0.4, -0.2) is 41.3 Å². The number of aromatic amines is 1. The van der Waals surface area contributed by atoms with Gasteiger partial charge in [-0.05, 0) is 25.3 Å². The zero-order valence-electron chi connectivity index (χ0n) is 12.6. The van der Waals surface area contributed by atoms with Crippen LogP contribution in [0.15, 0.2) is 6.07 Å². The zero-order valence-corrected chi connectivity index (χ0v) is 14.1. The standard InChI is InChI=1S/C15H21Cl2N3O2/c1-2-3-6-18-14(21)10-4-7-20(8-5-10)15(22)12-9-11(16)13(17)19-12/h9-10,19H,2-8H2,1H3,(H,18,21). The molecule has 0 aliphatic carbocycles. The number of H-pyrrole nitrogens is 1. The van der Waals surface area contributed by atoms with Crippen molar-refractivity contribution in [2.45, 2.75) is 32.6 Å². The maximum Gasteiger partial charge on any atom is 0.270 e. The Morgan fingerprint density at radius 2 is 2.05 bits per heavy atom. The number of likely N-dealkylation sites (tertiary alicyclic amines) is 1. The van der Waals surface area contributed by atoms with Crippen LogP contribution >= 0.6 is 23.2 Å². The van der Waals surface area contributed by atoms with E-state index in [0.29, 0.717) is 36.6 Å². The highest BCUT2D eigenvalue weighted by Gasteiger charge is 2.28. The molecular weight excluding hydrogens is 325 g/mol. The Bertz CT molecular complexity index is 517. The van der Waals surface area contributed by atoms with Gasteiger partial charge in [-0.3, -0.25) is 9.59 Å². The lowest BCUT2D eigenvalue weighted by Crippen LogP contribution is -2.43. The molecule has 0 aromatic carbocycles. The number of hydrogen-bond donors (Lipinski definition) is 2. The summed E-state index contributed by atoms with van der Waals surface area (Å²) in [5.41, 5.74) is 0.390. The van der Waals surface area contributed by atoms with Gasteiger partial charge in [-0.1, -0.05) is 36.5 Å². The summed E-state index contributed by atoms with van der Waals surface area (Å²) in [4.78, 5) is 28.8. The lowest BCUT2D eigenvalue weighted by atomic mass is 9.95. The third-order valence-corrected chi connectivity index (χ3v) is 4.63. The molecule has 122 valence electrons. The van der Waals surface area contributed by atoms with Crippen molar-refractivity contribution < 1.29 is 9.59 Å². The van der Waals surface area contributed by atoms with Gasteiger partial charge in [0, 0.05) is 25.6 Å². The Kier molecular flexibility index (Phi) is 6.15. The quantitative estimate of drug-likeness (QED) is 0.805. The number of carbonyl (C=O) groups excluding carboxylic acids is 2. The van der Waals surface area contributed by atoms with Crippen molar-refractivity contribution >= 4 is 35.0 Å². The predicted octanol–water partition coefficient (Wildman–Crippen LogP) is 3.09. The normalized spacial score (nSPS) is 15.9. The fraction of sp³-hybridized carbons (Fsp3) is 0.600. The van der Waals surface area contributed by atoms with E-state index in [-0.39, 0.29) is 22.9 Å². The number of aromatic nitrogens is 1. The molecule has 22 heavy (non-hydrogen) atoms. The first-order chi connectivity index (χ1) is 10.5. The van der Waals surface area contributed by atoms with Crippen LogP contribution < -0.4 is 5.32 Å². The van der Waals surface area contributed by atoms with Crippen LogP contribution in [0.1, 0.15) is 43.1 Å². The van der Waals surface area contributed by atoms with E-state index in [0.717, 1.165) is 19.4 Å². The van der Waals surface area contributed by atoms with Crippen molar-refractivity contribution in [2.75, 3.05) is 19.6 Å². The fourth-order valence-electron chi connectivity index (χ4n) is 2.57. The van der Waals surface area contributed by atoms with Gasteiger partial charge in [-0.25, -0.2) is 0 Å². The Labute approximate surface area is 140 Å². The highest BCUT2D eigenvalue weighted by atomic mass is 35.5. The molecule has 0 unspecified atom stereocenters. The maximum atomic E-state index is 12.3. The van der Waals surface area contributed by atoms with Gasteiger partial charge in [0.2, 0.25) is 5.91 Å². The van der Waals surface area contributed by atoms with E-state index in [4.69, 9.17) is 23.2 Å². The smallest absolute Gasteiger partial charge is 0.270 e. The number of nitrogens with one attached hydrogen (secondary N) is 2. The molecule has 2 rings (SSSR count). The van der Waals surface area contributed by atoms with Crippen LogP contribution in [0, 0.1) is 5.92 Å². The predicted molar refractivity (Wildman–Crippen MR) is 87.4 cm³/mol. The lowest BCUT2D eigenvalue weighted by molar-refractivity contribution is -0.126. The van der Waals surface area contributed by atoms with Crippen LogP contribution in [-0.2, 0) is 4.79 Å². The molecule has 0 radical (unpaired) electrons. The van der Waals surface area contributed by atoms with E-state index in [1.54, 1.807) is 4.90 Å². The van der Waals surface area contributed by atoms with Crippen LogP contribution in [0.25, 0.3) is 0 Å². The number of piperidine rings is 1. The number of carbonyl (C=O) groups is 2. The molecule has 1 aliphatic heterocycles. The Morgan fingerprint density at radius 3 is 2.59 bits per heavy atom. The first-order valence-electron chi connectivity index (χ1n) is 7.64. The number of halogens is 2. The van der Waals surface area contributed by atoms with Crippen LogP contribution in [0.3, 0.4) is 0 Å². The first kappa shape index (κ1) is 17.2. The van der Waals surface area contributed by atoms with Crippen LogP contribution in [0.5, 0.6) is 0 Å². The average Bonchev–Trinajstić information content (AvgIpc) is 2.86. The van der Waals surface area contributed by atoms with E-state index in [1.807, 2.05) is 0 Å². The Hall–Kier alpha value is -1.20. The third kappa shape index (κ3) is 4.17. The van der Waals surface area contributed by atoms with Gasteiger partial charge < -0.3 is 15.2 Å². The van der Waals surface area contributed by atoms with Crippen LogP contribution in [0.2, 0.25) is 10.2 Å². The van der Waals surface area contributed by atoms with E-state index in [2.05, 4.69) is 17.2 Å². The minimum Gasteiger partial charge on any atom is -0.356 e. The van der Waals surface area contributed by atoms with Gasteiger partial charge in [0.25, 0.3) is 5.91 Å². The van der Waals surface area contributed by atoms with Gasteiger partial charge in [-0.2, -0.15) is 0 Å². The molecule has 1 aliphatic rings. The van der Waals surface area contributed by atoms with Gasteiger partial charge in [0.05, 0.1) is 5.02 Å². The molecule has 0 bridgehead atoms. The molecule has 7 heteroatoms. The maximum absolute atomic E-state index is 12.3. The molecule has 0 saturated carbocycles. The van der Waals surface area contributed by atoms with E-state index in [9.17, 15) is 9.59 Å². The molecule has 1 aromatic heterocycles. The lowest BCUT2D eigenvalue weighted by Gasteiger charge is -2.31. The summed E-state index contributed by atoms with van der Waals surface area (Å²) in [6.45, 7) is 3.96. The second-order valence-electron chi connectivity index (χ2n) is 5.56. The second kappa shape index (κ2) is 7.88. The highest BCUT2D eigenvalue weighted by molar-refractivity contribution is 6.41. The molecule has 5 nitrogen and oxygen atoms in total. The first-order valence-corrected chi connectivity index (χ1v) is 8.39. The molecule has 0 atom stereocenters. The van der Waals surface area contributed by atoms with Gasteiger partial charge in [-0.15, -0.1) is 0 Å². The second-order valence-corrected chi connectivity index (χ2v) is 6.34. The summed E-state index contributed by atoms with van der Waals surface area (Å²) in [5.74, 6) is -0.0260. The number of rotatable bonds is 5. The Balaban J connectivity index is 1.84. The SMILES string of the molecule is CCCCNC(=O)C1CCN(C(=O)c2cc(Cl)c(Cl)[nH]2)CC1. The van der Waals surface area contributed by atoms with Crippen molar-refractivity contribution in [1.29, 1.82) is 0 Å². The summed E-state index contributed by atoms with van der Waals surface area (Å²) in [6.07, 6.45) is 3.43. The van der Waals surface area contributed by atoms with Crippen molar-refractivity contribution in [3.8, 4) is 0 Å². The van der Waals surface area contributed by atoms with Crippen LogP contribution in [0.4, 0.5) is 0 Å². The summed E-state index contributed by atoms with van der Waals surface area (Å²) in [6, 6.07) is 1.54. The largest absolute Gasteiger partial charge is 0.356 e. The molecule has 1 saturated heterocycles. The fourth-order valence-corrected chi connectivity index (χ4v) is 2.88. The summed E-state index contributed by atoms with van der Waals surface area (Å²) in [7, 11) is 0. The Morgan fingerprint density at radius 1 is 1.36 bits per heavy atom. The number of nitrogens with zero attached hydrogens (tertiary/aromatic N) is 1. The molecule has 0 spiro atoms. The van der Waals surface area contributed by atoms with Crippen molar-refractivity contribution in [1.82, 2.24) is 15.2 Å². The number of amides is 2. The molecule has 1 aromatic rings.